The number of nitrogens with one attached hydrogen (secondary N) is 1. The number of ether oxygens (including phenoxy) is 1. The Hall–Kier alpha value is -1.82. The first-order chi connectivity index (χ1) is 10.1. The first-order valence-electron chi connectivity index (χ1n) is 7.39. The largest absolute Gasteiger partial charge is 0.490 e. The number of benzene rings is 1. The zero-order valence-corrected chi connectivity index (χ0v) is 12.7. The standard InChI is InChI=1S/C15H23N3O3/c1-12(11-17-7-3-4-8-17)10-16-13-5-6-14(18(19)20)15(9-13)21-2/h5-6,9,12,16H,3-4,7-8,10-11H2,1-2H3. The molecule has 1 aromatic carbocycles. The van der Waals surface area contributed by atoms with Crippen LogP contribution in [0.1, 0.15) is 19.8 Å². The van der Waals surface area contributed by atoms with Crippen LogP contribution in [0.2, 0.25) is 0 Å². The Balaban J connectivity index is 1.88. The van der Waals surface area contributed by atoms with Crippen molar-refractivity contribution in [3.8, 4) is 5.75 Å². The van der Waals surface area contributed by atoms with Crippen molar-refractivity contribution < 1.29 is 9.66 Å². The van der Waals surface area contributed by atoms with Crippen LogP contribution in [0.25, 0.3) is 0 Å². The minimum absolute atomic E-state index is 0.00633. The quantitative estimate of drug-likeness (QED) is 0.618. The van der Waals surface area contributed by atoms with Gasteiger partial charge in [0, 0.05) is 30.9 Å². The van der Waals surface area contributed by atoms with E-state index in [4.69, 9.17) is 4.74 Å². The summed E-state index contributed by atoms with van der Waals surface area (Å²) in [5.74, 6) is 0.821. The van der Waals surface area contributed by atoms with Crippen LogP contribution < -0.4 is 10.1 Å². The second kappa shape index (κ2) is 7.26. The Morgan fingerprint density at radius 2 is 2.14 bits per heavy atom. The molecule has 1 unspecified atom stereocenters. The van der Waals surface area contributed by atoms with Crippen LogP contribution >= 0.6 is 0 Å². The van der Waals surface area contributed by atoms with Crippen LogP contribution in [-0.2, 0) is 0 Å². The lowest BCUT2D eigenvalue weighted by Gasteiger charge is -2.21. The SMILES string of the molecule is COc1cc(NCC(C)CN2CCCC2)ccc1[N+](=O)[O-]. The predicted octanol–water partition coefficient (Wildman–Crippen LogP) is 2.75. The van der Waals surface area contributed by atoms with Gasteiger partial charge in [-0.05, 0) is 37.9 Å². The molecule has 0 amide bonds. The first-order valence-corrected chi connectivity index (χ1v) is 7.39. The van der Waals surface area contributed by atoms with Gasteiger partial charge in [0.15, 0.2) is 5.75 Å². The minimum atomic E-state index is -0.432. The minimum Gasteiger partial charge on any atom is -0.490 e. The van der Waals surface area contributed by atoms with E-state index in [0.717, 1.165) is 18.8 Å². The highest BCUT2D eigenvalue weighted by Gasteiger charge is 2.16. The Kier molecular flexibility index (Phi) is 5.38. The number of hydrogen-bond donors (Lipinski definition) is 1. The van der Waals surface area contributed by atoms with Gasteiger partial charge in [0.1, 0.15) is 0 Å². The zero-order valence-electron chi connectivity index (χ0n) is 12.7. The van der Waals surface area contributed by atoms with Crippen molar-refractivity contribution in [2.75, 3.05) is 38.6 Å². The summed E-state index contributed by atoms with van der Waals surface area (Å²) in [5, 5.41) is 14.2. The molecule has 6 nitrogen and oxygen atoms in total. The van der Waals surface area contributed by atoms with Crippen LogP contribution in [0.5, 0.6) is 5.75 Å². The molecule has 1 aliphatic heterocycles. The fourth-order valence-electron chi connectivity index (χ4n) is 2.70. The molecule has 1 fully saturated rings. The third-order valence-electron chi connectivity index (χ3n) is 3.80. The van der Waals surface area contributed by atoms with E-state index >= 15 is 0 Å². The molecule has 21 heavy (non-hydrogen) atoms. The van der Waals surface area contributed by atoms with Crippen molar-refractivity contribution in [1.82, 2.24) is 4.90 Å². The molecule has 0 aliphatic carbocycles. The summed E-state index contributed by atoms with van der Waals surface area (Å²) >= 11 is 0. The third kappa shape index (κ3) is 4.32. The number of rotatable bonds is 7. The van der Waals surface area contributed by atoms with Crippen molar-refractivity contribution in [2.24, 2.45) is 5.92 Å². The van der Waals surface area contributed by atoms with Crippen LogP contribution in [0.4, 0.5) is 11.4 Å². The molecule has 116 valence electrons. The highest BCUT2D eigenvalue weighted by atomic mass is 16.6. The zero-order chi connectivity index (χ0) is 15.2. The normalized spacial score (nSPS) is 16.7. The van der Waals surface area contributed by atoms with Gasteiger partial charge < -0.3 is 15.0 Å². The molecule has 0 radical (unpaired) electrons. The van der Waals surface area contributed by atoms with Crippen LogP contribution in [0.15, 0.2) is 18.2 Å². The average molecular weight is 293 g/mol. The summed E-state index contributed by atoms with van der Waals surface area (Å²) in [7, 11) is 1.45. The van der Waals surface area contributed by atoms with E-state index < -0.39 is 4.92 Å². The van der Waals surface area contributed by atoms with Gasteiger partial charge in [-0.1, -0.05) is 6.92 Å². The number of likely N-dealkylation sites (tertiary alicyclic amines) is 1. The number of nitro groups is 1. The molecule has 6 heteroatoms. The van der Waals surface area contributed by atoms with Crippen LogP contribution in [0, 0.1) is 16.0 Å². The lowest BCUT2D eigenvalue weighted by atomic mass is 10.1. The van der Waals surface area contributed by atoms with E-state index in [2.05, 4.69) is 17.1 Å². The second-order valence-corrected chi connectivity index (χ2v) is 5.64. The number of nitrogens with zero attached hydrogens (tertiary/aromatic N) is 2. The topological polar surface area (TPSA) is 67.6 Å². The molecule has 0 bridgehead atoms. The van der Waals surface area contributed by atoms with Gasteiger partial charge >= 0.3 is 5.69 Å². The predicted molar refractivity (Wildman–Crippen MR) is 83.0 cm³/mol. The number of methoxy groups -OCH3 is 1. The van der Waals surface area contributed by atoms with Gasteiger partial charge in [0.25, 0.3) is 0 Å². The number of hydrogen-bond acceptors (Lipinski definition) is 5. The molecule has 2 rings (SSSR count). The molecule has 1 atom stereocenters. The summed E-state index contributed by atoms with van der Waals surface area (Å²) in [6.07, 6.45) is 2.61. The van der Waals surface area contributed by atoms with Gasteiger partial charge in [0.2, 0.25) is 0 Å². The molecule has 1 N–H and O–H groups in total. The molecule has 1 aromatic rings. The summed E-state index contributed by atoms with van der Waals surface area (Å²) in [6, 6.07) is 4.89. The van der Waals surface area contributed by atoms with Gasteiger partial charge in [-0.15, -0.1) is 0 Å². The number of nitro benzene ring substituents is 1. The van der Waals surface area contributed by atoms with Crippen LogP contribution in [-0.4, -0.2) is 43.1 Å². The van der Waals surface area contributed by atoms with Gasteiger partial charge in [0.05, 0.1) is 12.0 Å². The van der Waals surface area contributed by atoms with Gasteiger partial charge in [-0.25, -0.2) is 0 Å². The van der Waals surface area contributed by atoms with E-state index in [1.165, 1.54) is 39.1 Å². The highest BCUT2D eigenvalue weighted by Crippen LogP contribution is 2.29. The van der Waals surface area contributed by atoms with Gasteiger partial charge in [-0.3, -0.25) is 10.1 Å². The molecular formula is C15H23N3O3. The molecule has 0 saturated carbocycles. The average Bonchev–Trinajstić information content (AvgIpc) is 2.97. The summed E-state index contributed by atoms with van der Waals surface area (Å²) in [6.45, 7) is 6.56. The fourth-order valence-corrected chi connectivity index (χ4v) is 2.70. The van der Waals surface area contributed by atoms with E-state index in [0.29, 0.717) is 5.92 Å². The summed E-state index contributed by atoms with van der Waals surface area (Å²) in [4.78, 5) is 12.9. The van der Waals surface area contributed by atoms with Crippen molar-refractivity contribution in [2.45, 2.75) is 19.8 Å². The van der Waals surface area contributed by atoms with Crippen molar-refractivity contribution in [3.05, 3.63) is 28.3 Å². The lowest BCUT2D eigenvalue weighted by Crippen LogP contribution is -2.28. The van der Waals surface area contributed by atoms with E-state index in [1.54, 1.807) is 12.1 Å². The monoisotopic (exact) mass is 293 g/mol. The Morgan fingerprint density at radius 1 is 1.43 bits per heavy atom. The number of anilines is 1. The summed E-state index contributed by atoms with van der Waals surface area (Å²) < 4.78 is 5.07. The molecular weight excluding hydrogens is 270 g/mol. The van der Waals surface area contributed by atoms with Crippen molar-refractivity contribution in [1.29, 1.82) is 0 Å². The smallest absolute Gasteiger partial charge is 0.311 e. The first kappa shape index (κ1) is 15.6. The fraction of sp³-hybridized carbons (Fsp3) is 0.600. The van der Waals surface area contributed by atoms with Crippen LogP contribution in [0.3, 0.4) is 0 Å². The maximum absolute atomic E-state index is 10.9. The Bertz CT molecular complexity index is 487. The molecule has 1 saturated heterocycles. The van der Waals surface area contributed by atoms with Crippen molar-refractivity contribution in [3.63, 3.8) is 0 Å². The molecule has 0 spiro atoms. The Morgan fingerprint density at radius 3 is 2.76 bits per heavy atom. The second-order valence-electron chi connectivity index (χ2n) is 5.64. The molecule has 1 heterocycles. The van der Waals surface area contributed by atoms with Crippen molar-refractivity contribution >= 4 is 11.4 Å². The molecule has 0 aromatic heterocycles. The summed E-state index contributed by atoms with van der Waals surface area (Å²) in [5.41, 5.74) is 0.846. The van der Waals surface area contributed by atoms with Gasteiger partial charge in [-0.2, -0.15) is 0 Å². The van der Waals surface area contributed by atoms with E-state index in [9.17, 15) is 10.1 Å². The lowest BCUT2D eigenvalue weighted by molar-refractivity contribution is -0.385. The maximum Gasteiger partial charge on any atom is 0.311 e. The van der Waals surface area contributed by atoms with E-state index in [1.807, 2.05) is 0 Å². The highest BCUT2D eigenvalue weighted by molar-refractivity contribution is 5.57. The Labute approximate surface area is 125 Å². The van der Waals surface area contributed by atoms with E-state index in [-0.39, 0.29) is 11.4 Å². The third-order valence-corrected chi connectivity index (χ3v) is 3.80. The molecule has 1 aliphatic rings. The maximum atomic E-state index is 10.9.